The van der Waals surface area contributed by atoms with Crippen molar-refractivity contribution < 1.29 is 38.6 Å². The number of rotatable bonds is 12. The SMILES string of the molecule is CNC(=O)C[C@H](NC(=O)OCc1ccccc1)C(=O)NC(Cc1ccccc1)C(O)C(=O)N1CCC[C@H]1C(=O)OC(C)(C)C. The topological polar surface area (TPSA) is 163 Å². The van der Waals surface area contributed by atoms with Crippen LogP contribution in [0.3, 0.4) is 0 Å². The van der Waals surface area contributed by atoms with Gasteiger partial charge >= 0.3 is 12.1 Å². The molecule has 0 saturated carbocycles. The number of carbonyl (C=O) groups excluding carboxylic acids is 5. The summed E-state index contributed by atoms with van der Waals surface area (Å²) in [6.45, 7) is 5.37. The molecule has 1 aliphatic heterocycles. The van der Waals surface area contributed by atoms with Gasteiger partial charge in [0, 0.05) is 13.6 Å². The van der Waals surface area contributed by atoms with Crippen LogP contribution in [0.15, 0.2) is 60.7 Å². The van der Waals surface area contributed by atoms with Gasteiger partial charge in [0.25, 0.3) is 5.91 Å². The third-order valence-corrected chi connectivity index (χ3v) is 6.96. The normalized spacial score (nSPS) is 16.7. The maximum absolute atomic E-state index is 13.6. The number of nitrogens with zero attached hydrogens (tertiary/aromatic N) is 1. The Morgan fingerprint density at radius 2 is 1.57 bits per heavy atom. The van der Waals surface area contributed by atoms with Crippen LogP contribution in [-0.2, 0) is 41.7 Å². The summed E-state index contributed by atoms with van der Waals surface area (Å²) in [6, 6.07) is 14.4. The summed E-state index contributed by atoms with van der Waals surface area (Å²) >= 11 is 0. The number of hydrogen-bond donors (Lipinski definition) is 4. The molecule has 12 heteroatoms. The Balaban J connectivity index is 1.78. The minimum Gasteiger partial charge on any atom is -0.458 e. The van der Waals surface area contributed by atoms with Gasteiger partial charge in [-0.1, -0.05) is 60.7 Å². The Morgan fingerprint density at radius 3 is 2.16 bits per heavy atom. The van der Waals surface area contributed by atoms with Crippen LogP contribution in [0.4, 0.5) is 4.79 Å². The smallest absolute Gasteiger partial charge is 0.408 e. The first-order chi connectivity index (χ1) is 20.9. The lowest BCUT2D eigenvalue weighted by Gasteiger charge is -2.32. The van der Waals surface area contributed by atoms with Crippen LogP contribution < -0.4 is 16.0 Å². The highest BCUT2D eigenvalue weighted by Gasteiger charge is 2.41. The van der Waals surface area contributed by atoms with E-state index in [-0.39, 0.29) is 19.6 Å². The van der Waals surface area contributed by atoms with Crippen molar-refractivity contribution in [2.45, 2.75) is 82.9 Å². The summed E-state index contributed by atoms with van der Waals surface area (Å²) in [5.41, 5.74) is 0.685. The molecule has 12 nitrogen and oxygen atoms in total. The lowest BCUT2D eigenvalue weighted by Crippen LogP contribution is -2.58. The number of hydrogen-bond acceptors (Lipinski definition) is 8. The number of aliphatic hydroxyl groups excluding tert-OH is 1. The van der Waals surface area contributed by atoms with Gasteiger partial charge in [-0.15, -0.1) is 0 Å². The summed E-state index contributed by atoms with van der Waals surface area (Å²) in [5, 5.41) is 18.8. The van der Waals surface area contributed by atoms with E-state index in [1.165, 1.54) is 11.9 Å². The highest BCUT2D eigenvalue weighted by Crippen LogP contribution is 2.23. The van der Waals surface area contributed by atoms with Crippen LogP contribution in [0.25, 0.3) is 0 Å². The van der Waals surface area contributed by atoms with Crippen LogP contribution >= 0.6 is 0 Å². The first-order valence-electron chi connectivity index (χ1n) is 14.6. The van der Waals surface area contributed by atoms with Gasteiger partial charge in [-0.2, -0.15) is 0 Å². The number of alkyl carbamates (subject to hydrolysis) is 1. The van der Waals surface area contributed by atoms with Gasteiger partial charge in [-0.05, 0) is 51.2 Å². The molecule has 0 bridgehead atoms. The summed E-state index contributed by atoms with van der Waals surface area (Å²) in [7, 11) is 1.39. The molecule has 0 aliphatic carbocycles. The quantitative estimate of drug-likeness (QED) is 0.265. The van der Waals surface area contributed by atoms with Crippen LogP contribution in [0.1, 0.15) is 51.2 Å². The zero-order valence-corrected chi connectivity index (χ0v) is 25.6. The predicted octanol–water partition coefficient (Wildman–Crippen LogP) is 1.84. The van der Waals surface area contributed by atoms with Crippen molar-refractivity contribution in [2.75, 3.05) is 13.6 Å². The third-order valence-electron chi connectivity index (χ3n) is 6.96. The van der Waals surface area contributed by atoms with Gasteiger partial charge < -0.3 is 35.4 Å². The first-order valence-corrected chi connectivity index (χ1v) is 14.6. The molecule has 2 unspecified atom stereocenters. The van der Waals surface area contributed by atoms with Gasteiger partial charge in [-0.25, -0.2) is 9.59 Å². The summed E-state index contributed by atoms with van der Waals surface area (Å²) in [4.78, 5) is 66.1. The zero-order chi connectivity index (χ0) is 32.3. The molecule has 0 aromatic heterocycles. The van der Waals surface area contributed by atoms with E-state index in [0.29, 0.717) is 18.4 Å². The molecule has 4 amide bonds. The van der Waals surface area contributed by atoms with Gasteiger partial charge in [0.2, 0.25) is 11.8 Å². The maximum Gasteiger partial charge on any atom is 0.408 e. The fraction of sp³-hybridized carbons (Fsp3) is 0.469. The van der Waals surface area contributed by atoms with Crippen molar-refractivity contribution in [3.05, 3.63) is 71.8 Å². The fourth-order valence-electron chi connectivity index (χ4n) is 4.78. The molecule has 1 aliphatic rings. The van der Waals surface area contributed by atoms with E-state index in [4.69, 9.17) is 9.47 Å². The van der Waals surface area contributed by atoms with Gasteiger partial charge in [0.05, 0.1) is 12.5 Å². The molecule has 0 spiro atoms. The lowest BCUT2D eigenvalue weighted by molar-refractivity contribution is -0.165. The molecule has 3 rings (SSSR count). The number of amides is 4. The second-order valence-electron chi connectivity index (χ2n) is 11.6. The van der Waals surface area contributed by atoms with Crippen LogP contribution in [-0.4, -0.2) is 83.2 Å². The van der Waals surface area contributed by atoms with Crippen molar-refractivity contribution in [2.24, 2.45) is 0 Å². The molecular formula is C32H42N4O8. The van der Waals surface area contributed by atoms with E-state index < -0.39 is 66.0 Å². The maximum atomic E-state index is 13.6. The third kappa shape index (κ3) is 10.4. The van der Waals surface area contributed by atoms with E-state index in [1.54, 1.807) is 75.4 Å². The number of benzene rings is 2. The monoisotopic (exact) mass is 610 g/mol. The average molecular weight is 611 g/mol. The van der Waals surface area contributed by atoms with Crippen LogP contribution in [0, 0.1) is 0 Å². The van der Waals surface area contributed by atoms with E-state index >= 15 is 0 Å². The molecular weight excluding hydrogens is 568 g/mol. The van der Waals surface area contributed by atoms with Gasteiger partial charge in [0.15, 0.2) is 6.10 Å². The first kappa shape index (κ1) is 34.0. The Morgan fingerprint density at radius 1 is 0.955 bits per heavy atom. The molecule has 4 atom stereocenters. The second-order valence-corrected chi connectivity index (χ2v) is 11.6. The van der Waals surface area contributed by atoms with E-state index in [0.717, 1.165) is 5.56 Å². The Hall–Kier alpha value is -4.45. The molecule has 0 radical (unpaired) electrons. The highest BCUT2D eigenvalue weighted by atomic mass is 16.6. The Labute approximate surface area is 257 Å². The predicted molar refractivity (Wildman–Crippen MR) is 161 cm³/mol. The highest BCUT2D eigenvalue weighted by molar-refractivity contribution is 5.92. The molecule has 1 saturated heterocycles. The van der Waals surface area contributed by atoms with Crippen LogP contribution in [0.5, 0.6) is 0 Å². The minimum atomic E-state index is -1.74. The Kier molecular flexibility index (Phi) is 12.3. The summed E-state index contributed by atoms with van der Waals surface area (Å²) in [5.74, 6) is -2.63. The summed E-state index contributed by atoms with van der Waals surface area (Å²) in [6.07, 6.45) is -2.11. The van der Waals surface area contributed by atoms with E-state index in [9.17, 15) is 29.1 Å². The molecule has 2 aromatic rings. The van der Waals surface area contributed by atoms with Crippen LogP contribution in [0.2, 0.25) is 0 Å². The van der Waals surface area contributed by atoms with Gasteiger partial charge in [0.1, 0.15) is 24.3 Å². The molecule has 4 N–H and O–H groups in total. The standard InChI is InChI=1S/C32H42N4O8/c1-32(2,3)44-30(41)25-16-11-17-36(25)29(40)27(38)23(18-21-12-7-5-8-13-21)34-28(39)24(19-26(37)33-4)35-31(42)43-20-22-14-9-6-10-15-22/h5-10,12-15,23-25,27,38H,11,16-20H2,1-4H3,(H,33,37)(H,34,39)(H,35,42)/t23?,24-,25-,27?/m0/s1. The zero-order valence-electron chi connectivity index (χ0n) is 25.6. The largest absolute Gasteiger partial charge is 0.458 e. The number of esters is 1. The number of nitrogens with one attached hydrogen (secondary N) is 3. The second kappa shape index (κ2) is 15.9. The van der Waals surface area contributed by atoms with Gasteiger partial charge in [-0.3, -0.25) is 14.4 Å². The fourth-order valence-corrected chi connectivity index (χ4v) is 4.78. The lowest BCUT2D eigenvalue weighted by atomic mass is 9.99. The van der Waals surface area contributed by atoms with Crippen molar-refractivity contribution in [3.8, 4) is 0 Å². The van der Waals surface area contributed by atoms with Crippen molar-refractivity contribution >= 4 is 29.8 Å². The van der Waals surface area contributed by atoms with E-state index in [1.807, 2.05) is 6.07 Å². The molecule has 44 heavy (non-hydrogen) atoms. The molecule has 238 valence electrons. The summed E-state index contributed by atoms with van der Waals surface area (Å²) < 4.78 is 10.7. The van der Waals surface area contributed by atoms with Crippen molar-refractivity contribution in [1.29, 1.82) is 0 Å². The van der Waals surface area contributed by atoms with Crippen molar-refractivity contribution in [3.63, 3.8) is 0 Å². The average Bonchev–Trinajstić information content (AvgIpc) is 3.49. The van der Waals surface area contributed by atoms with Crippen molar-refractivity contribution in [1.82, 2.24) is 20.9 Å². The molecule has 2 aromatic carbocycles. The molecule has 1 heterocycles. The number of aliphatic hydroxyl groups is 1. The number of carbonyl (C=O) groups is 5. The van der Waals surface area contributed by atoms with E-state index in [2.05, 4.69) is 16.0 Å². The Bertz CT molecular complexity index is 1280. The molecule has 1 fully saturated rings. The number of ether oxygens (including phenoxy) is 2. The minimum absolute atomic E-state index is 0.0512. The number of likely N-dealkylation sites (tertiary alicyclic amines) is 1.